The fourth-order valence-electron chi connectivity index (χ4n) is 2.89. The van der Waals surface area contributed by atoms with E-state index in [1.807, 2.05) is 0 Å². The molecule has 0 unspecified atom stereocenters. The molecule has 0 N–H and O–H groups in total. The van der Waals surface area contributed by atoms with E-state index >= 15 is 0 Å². The zero-order valence-electron chi connectivity index (χ0n) is 14.8. The molecule has 20 heavy (non-hydrogen) atoms. The molecule has 0 bridgehead atoms. The molecule has 0 rings (SSSR count). The third-order valence-electron chi connectivity index (χ3n) is 4.41. The minimum Gasteiger partial charge on any atom is -0.0654 e. The van der Waals surface area contributed by atoms with Crippen molar-refractivity contribution in [3.63, 3.8) is 0 Å². The van der Waals surface area contributed by atoms with Crippen LogP contribution < -0.4 is 0 Å². The summed E-state index contributed by atoms with van der Waals surface area (Å²) in [5.41, 5.74) is 0. The van der Waals surface area contributed by atoms with E-state index in [2.05, 4.69) is 20.8 Å². The van der Waals surface area contributed by atoms with Crippen LogP contribution >= 0.6 is 0 Å². The Balaban J connectivity index is 3.09. The first kappa shape index (κ1) is 20.0. The van der Waals surface area contributed by atoms with Crippen LogP contribution in [0.25, 0.3) is 0 Å². The molecule has 121 valence electrons. The Morgan fingerprint density at radius 3 is 1.10 bits per heavy atom. The monoisotopic (exact) mass is 281 g/mol. The topological polar surface area (TPSA) is 0 Å². The third-order valence-corrected chi connectivity index (χ3v) is 4.41. The van der Waals surface area contributed by atoms with Gasteiger partial charge in [-0.3, -0.25) is 0 Å². The van der Waals surface area contributed by atoms with Gasteiger partial charge in [-0.2, -0.15) is 0 Å². The number of hydrogen-bond donors (Lipinski definition) is 0. The van der Waals surface area contributed by atoms with Gasteiger partial charge in [0.15, 0.2) is 0 Å². The van der Waals surface area contributed by atoms with Gasteiger partial charge in [0.05, 0.1) is 0 Å². The molecule has 0 atom stereocenters. The fourth-order valence-corrected chi connectivity index (χ4v) is 2.89. The van der Waals surface area contributed by atoms with Gasteiger partial charge in [0.25, 0.3) is 0 Å². The highest BCUT2D eigenvalue weighted by atomic mass is 14.1. The summed E-state index contributed by atoms with van der Waals surface area (Å²) in [6.45, 7) is 6.97. The van der Waals surface area contributed by atoms with Gasteiger partial charge in [-0.1, -0.05) is 111 Å². The highest BCUT2D eigenvalue weighted by Gasteiger charge is 2.02. The normalized spacial score (nSPS) is 11.4. The van der Waals surface area contributed by atoms with E-state index in [-0.39, 0.29) is 0 Å². The lowest BCUT2D eigenvalue weighted by atomic mass is 9.96. The average molecular weight is 282 g/mol. The summed E-state index contributed by atoms with van der Waals surface area (Å²) < 4.78 is 0. The lowest BCUT2D eigenvalue weighted by Crippen LogP contribution is -1.93. The van der Waals surface area contributed by atoms with Crippen molar-refractivity contribution in [1.29, 1.82) is 0 Å². The van der Waals surface area contributed by atoms with Crippen LogP contribution in [-0.2, 0) is 0 Å². The molecule has 0 heteroatoms. The van der Waals surface area contributed by atoms with Gasteiger partial charge in [0.1, 0.15) is 0 Å². The van der Waals surface area contributed by atoms with Crippen molar-refractivity contribution >= 4 is 0 Å². The van der Waals surface area contributed by atoms with Gasteiger partial charge >= 0.3 is 0 Å². The van der Waals surface area contributed by atoms with Crippen LogP contribution in [0.2, 0.25) is 0 Å². The maximum Gasteiger partial charge on any atom is -0.0272 e. The predicted octanol–water partition coefficient (Wildman–Crippen LogP) is 7.86. The second-order valence-corrected chi connectivity index (χ2v) is 6.70. The molecular formula is C20H41. The summed E-state index contributed by atoms with van der Waals surface area (Å²) in [6.07, 6.45) is 22.9. The minimum absolute atomic E-state index is 1.36. The molecule has 0 spiro atoms. The molecule has 0 heterocycles. The second-order valence-electron chi connectivity index (χ2n) is 6.70. The van der Waals surface area contributed by atoms with E-state index in [1.54, 1.807) is 5.92 Å². The van der Waals surface area contributed by atoms with Crippen LogP contribution in [-0.4, -0.2) is 0 Å². The highest BCUT2D eigenvalue weighted by molar-refractivity contribution is 4.83. The van der Waals surface area contributed by atoms with Crippen molar-refractivity contribution in [3.05, 3.63) is 5.92 Å². The molecule has 0 aromatic heterocycles. The highest BCUT2D eigenvalue weighted by Crippen LogP contribution is 2.20. The van der Waals surface area contributed by atoms with Gasteiger partial charge in [-0.25, -0.2) is 0 Å². The maximum atomic E-state index is 2.38. The van der Waals surface area contributed by atoms with E-state index in [0.717, 1.165) is 0 Å². The first-order valence-electron chi connectivity index (χ1n) is 9.62. The zero-order valence-corrected chi connectivity index (χ0v) is 14.8. The molecule has 0 aromatic carbocycles. The Morgan fingerprint density at radius 2 is 0.750 bits per heavy atom. The van der Waals surface area contributed by atoms with Crippen molar-refractivity contribution in [2.24, 2.45) is 0 Å². The molecule has 0 aliphatic heterocycles. The van der Waals surface area contributed by atoms with E-state index in [1.165, 1.54) is 103 Å². The molecule has 0 aliphatic carbocycles. The van der Waals surface area contributed by atoms with E-state index in [4.69, 9.17) is 0 Å². The molecule has 0 saturated carbocycles. The Kier molecular flexibility index (Phi) is 17.1. The smallest absolute Gasteiger partial charge is 0.0272 e. The van der Waals surface area contributed by atoms with Crippen molar-refractivity contribution in [2.75, 3.05) is 0 Å². The summed E-state index contributed by atoms with van der Waals surface area (Å²) in [5, 5.41) is 0. The van der Waals surface area contributed by atoms with E-state index in [9.17, 15) is 0 Å². The predicted molar refractivity (Wildman–Crippen MR) is 94.1 cm³/mol. The third kappa shape index (κ3) is 16.1. The SMILES string of the molecule is CCCCCCCCCCC[C](C)CCCCCCC. The second kappa shape index (κ2) is 17.1. The minimum atomic E-state index is 1.36. The number of unbranched alkanes of at least 4 members (excludes halogenated alkanes) is 12. The Labute approximate surface area is 130 Å². The van der Waals surface area contributed by atoms with Crippen molar-refractivity contribution < 1.29 is 0 Å². The van der Waals surface area contributed by atoms with Crippen LogP contribution in [0.15, 0.2) is 0 Å². The summed E-state index contributed by atoms with van der Waals surface area (Å²) in [5.74, 6) is 1.75. The molecule has 0 amide bonds. The van der Waals surface area contributed by atoms with E-state index < -0.39 is 0 Å². The maximum absolute atomic E-state index is 2.38. The van der Waals surface area contributed by atoms with Gasteiger partial charge in [0.2, 0.25) is 0 Å². The van der Waals surface area contributed by atoms with E-state index in [0.29, 0.717) is 0 Å². The summed E-state index contributed by atoms with van der Waals surface area (Å²) in [7, 11) is 0. The molecule has 0 nitrogen and oxygen atoms in total. The lowest BCUT2D eigenvalue weighted by molar-refractivity contribution is 0.544. The molecule has 0 fully saturated rings. The van der Waals surface area contributed by atoms with Crippen molar-refractivity contribution in [1.82, 2.24) is 0 Å². The quantitative estimate of drug-likeness (QED) is 0.252. The lowest BCUT2D eigenvalue weighted by Gasteiger charge is -2.10. The van der Waals surface area contributed by atoms with Crippen LogP contribution in [0.3, 0.4) is 0 Å². The van der Waals surface area contributed by atoms with Gasteiger partial charge in [-0.05, 0) is 18.8 Å². The number of rotatable bonds is 16. The molecule has 0 aromatic rings. The molecule has 1 radical (unpaired) electrons. The van der Waals surface area contributed by atoms with Crippen molar-refractivity contribution in [2.45, 2.75) is 124 Å². The fraction of sp³-hybridized carbons (Fsp3) is 0.950. The Hall–Kier alpha value is 0. The molecule has 0 saturated heterocycles. The van der Waals surface area contributed by atoms with Gasteiger partial charge in [0, 0.05) is 0 Å². The summed E-state index contributed by atoms with van der Waals surface area (Å²) in [4.78, 5) is 0. The average Bonchev–Trinajstić information content (AvgIpc) is 2.45. The first-order valence-corrected chi connectivity index (χ1v) is 9.62. The van der Waals surface area contributed by atoms with Crippen LogP contribution in [0, 0.1) is 5.92 Å². The van der Waals surface area contributed by atoms with Crippen LogP contribution in [0.1, 0.15) is 124 Å². The summed E-state index contributed by atoms with van der Waals surface area (Å²) in [6, 6.07) is 0. The summed E-state index contributed by atoms with van der Waals surface area (Å²) >= 11 is 0. The molecule has 0 aliphatic rings. The van der Waals surface area contributed by atoms with Gasteiger partial charge < -0.3 is 0 Å². The zero-order chi connectivity index (χ0) is 14.9. The number of hydrogen-bond acceptors (Lipinski definition) is 0. The van der Waals surface area contributed by atoms with Crippen LogP contribution in [0.5, 0.6) is 0 Å². The van der Waals surface area contributed by atoms with Gasteiger partial charge in [-0.15, -0.1) is 0 Å². The largest absolute Gasteiger partial charge is 0.0654 e. The Morgan fingerprint density at radius 1 is 0.450 bits per heavy atom. The molecular weight excluding hydrogens is 240 g/mol. The standard InChI is InChI=1S/C20H41/c1-4-6-8-10-11-12-13-15-17-19-20(3)18-16-14-9-7-5-2/h4-19H2,1-3H3. The Bertz CT molecular complexity index is 161. The van der Waals surface area contributed by atoms with Crippen molar-refractivity contribution in [3.8, 4) is 0 Å². The van der Waals surface area contributed by atoms with Crippen LogP contribution in [0.4, 0.5) is 0 Å². The first-order chi connectivity index (χ1) is 9.81.